The third-order valence-corrected chi connectivity index (χ3v) is 5.61. The first-order valence-corrected chi connectivity index (χ1v) is 9.18. The van der Waals surface area contributed by atoms with Crippen molar-refractivity contribution >= 4 is 11.7 Å². The van der Waals surface area contributed by atoms with E-state index in [9.17, 15) is 4.79 Å². The van der Waals surface area contributed by atoms with Crippen molar-refractivity contribution < 1.29 is 18.8 Å². The van der Waals surface area contributed by atoms with Crippen molar-refractivity contribution in [2.45, 2.75) is 25.7 Å². The van der Waals surface area contributed by atoms with Crippen molar-refractivity contribution in [1.82, 2.24) is 15.0 Å². The second-order valence-corrected chi connectivity index (χ2v) is 7.22. The fourth-order valence-electron chi connectivity index (χ4n) is 4.14. The number of aromatic nitrogens is 2. The summed E-state index contributed by atoms with van der Waals surface area (Å²) < 4.78 is 16.4. The molecule has 1 atom stereocenters. The van der Waals surface area contributed by atoms with Gasteiger partial charge < -0.3 is 24.2 Å². The van der Waals surface area contributed by atoms with Gasteiger partial charge in [-0.1, -0.05) is 17.3 Å². The standard InChI is InChI=1S/C19H24N4O4/c1-13-20-17(27-22-13)14-11-23(12-19(14)7-9-26-10-8-19)18(24)21-15-5-3-4-6-16(15)25-2/h3-6,14H,7-12H2,1-2H3,(H,21,24)/t14-/m0/s1. The molecule has 1 aromatic heterocycles. The van der Waals surface area contributed by atoms with E-state index in [1.54, 1.807) is 7.11 Å². The maximum atomic E-state index is 13.0. The number of ether oxygens (including phenoxy) is 2. The van der Waals surface area contributed by atoms with E-state index < -0.39 is 0 Å². The quantitative estimate of drug-likeness (QED) is 0.891. The second kappa shape index (κ2) is 7.19. The van der Waals surface area contributed by atoms with E-state index in [4.69, 9.17) is 14.0 Å². The number of hydrogen-bond acceptors (Lipinski definition) is 6. The molecular weight excluding hydrogens is 348 g/mol. The molecule has 8 heteroatoms. The van der Waals surface area contributed by atoms with Crippen LogP contribution in [0.2, 0.25) is 0 Å². The van der Waals surface area contributed by atoms with Crippen LogP contribution in [0.3, 0.4) is 0 Å². The highest BCUT2D eigenvalue weighted by Gasteiger charge is 2.51. The van der Waals surface area contributed by atoms with Crippen LogP contribution in [0, 0.1) is 12.3 Å². The van der Waals surface area contributed by atoms with Gasteiger partial charge in [-0.05, 0) is 31.9 Å². The minimum absolute atomic E-state index is 0.0195. The Balaban J connectivity index is 1.56. The molecule has 2 saturated heterocycles. The van der Waals surface area contributed by atoms with Crippen LogP contribution < -0.4 is 10.1 Å². The minimum Gasteiger partial charge on any atom is -0.495 e. The number of benzene rings is 1. The number of carbonyl (C=O) groups excluding carboxylic acids is 1. The topological polar surface area (TPSA) is 89.7 Å². The average molecular weight is 372 g/mol. The first-order chi connectivity index (χ1) is 13.1. The van der Waals surface area contributed by atoms with E-state index in [-0.39, 0.29) is 17.4 Å². The van der Waals surface area contributed by atoms with Gasteiger partial charge in [-0.15, -0.1) is 0 Å². The van der Waals surface area contributed by atoms with Crippen molar-refractivity contribution in [3.05, 3.63) is 36.0 Å². The van der Waals surface area contributed by atoms with Crippen LogP contribution in [0.25, 0.3) is 0 Å². The van der Waals surface area contributed by atoms with Gasteiger partial charge >= 0.3 is 6.03 Å². The van der Waals surface area contributed by atoms with E-state index in [2.05, 4.69) is 15.5 Å². The average Bonchev–Trinajstić information content (AvgIpc) is 3.26. The predicted molar refractivity (Wildman–Crippen MR) is 97.8 cm³/mol. The number of aryl methyl sites for hydroxylation is 1. The molecule has 2 aliphatic heterocycles. The molecule has 3 heterocycles. The second-order valence-electron chi connectivity index (χ2n) is 7.22. The van der Waals surface area contributed by atoms with Gasteiger partial charge in [0.1, 0.15) is 5.75 Å². The van der Waals surface area contributed by atoms with E-state index in [0.29, 0.717) is 49.5 Å². The first kappa shape index (κ1) is 17.8. The number of para-hydroxylation sites is 2. The van der Waals surface area contributed by atoms with Gasteiger partial charge in [0.2, 0.25) is 5.89 Å². The third kappa shape index (κ3) is 3.37. The Labute approximate surface area is 157 Å². The zero-order valence-electron chi connectivity index (χ0n) is 15.6. The molecule has 0 saturated carbocycles. The molecule has 2 amide bonds. The first-order valence-electron chi connectivity index (χ1n) is 9.18. The monoisotopic (exact) mass is 372 g/mol. The van der Waals surface area contributed by atoms with Crippen LogP contribution >= 0.6 is 0 Å². The molecule has 1 N–H and O–H groups in total. The lowest BCUT2D eigenvalue weighted by Gasteiger charge is -2.36. The Bertz CT molecular complexity index is 816. The SMILES string of the molecule is COc1ccccc1NC(=O)N1C[C@@H](c2nc(C)no2)C2(CCOCC2)C1. The summed E-state index contributed by atoms with van der Waals surface area (Å²) in [5, 5.41) is 6.91. The van der Waals surface area contributed by atoms with Gasteiger partial charge in [0, 0.05) is 31.7 Å². The Morgan fingerprint density at radius 1 is 1.33 bits per heavy atom. The fourth-order valence-corrected chi connectivity index (χ4v) is 4.14. The number of methoxy groups -OCH3 is 1. The predicted octanol–water partition coefficient (Wildman–Crippen LogP) is 2.81. The zero-order chi connectivity index (χ0) is 18.9. The van der Waals surface area contributed by atoms with Crippen molar-refractivity contribution in [2.24, 2.45) is 5.41 Å². The van der Waals surface area contributed by atoms with Crippen molar-refractivity contribution in [2.75, 3.05) is 38.7 Å². The van der Waals surface area contributed by atoms with Crippen molar-refractivity contribution in [3.8, 4) is 5.75 Å². The van der Waals surface area contributed by atoms with Gasteiger partial charge in [-0.25, -0.2) is 4.79 Å². The Hall–Kier alpha value is -2.61. The van der Waals surface area contributed by atoms with Gasteiger partial charge in [-0.3, -0.25) is 0 Å². The highest BCUT2D eigenvalue weighted by Crippen LogP contribution is 2.49. The number of rotatable bonds is 3. The molecule has 2 fully saturated rings. The molecule has 0 unspecified atom stereocenters. The van der Waals surface area contributed by atoms with Crippen molar-refractivity contribution in [3.63, 3.8) is 0 Å². The molecule has 4 rings (SSSR count). The van der Waals surface area contributed by atoms with Gasteiger partial charge in [0.05, 0.1) is 18.7 Å². The number of carbonyl (C=O) groups is 1. The highest BCUT2D eigenvalue weighted by atomic mass is 16.5. The minimum atomic E-state index is -0.149. The largest absolute Gasteiger partial charge is 0.495 e. The van der Waals surface area contributed by atoms with Gasteiger partial charge in [0.15, 0.2) is 5.82 Å². The maximum Gasteiger partial charge on any atom is 0.321 e. The molecule has 0 radical (unpaired) electrons. The number of nitrogens with one attached hydrogen (secondary N) is 1. The molecule has 27 heavy (non-hydrogen) atoms. The van der Waals surface area contributed by atoms with Gasteiger partial charge in [0.25, 0.3) is 0 Å². The number of anilines is 1. The lowest BCUT2D eigenvalue weighted by molar-refractivity contribution is 0.00959. The molecule has 144 valence electrons. The van der Waals surface area contributed by atoms with Crippen molar-refractivity contribution in [1.29, 1.82) is 0 Å². The van der Waals surface area contributed by atoms with Crippen LogP contribution in [0.15, 0.2) is 28.8 Å². The van der Waals surface area contributed by atoms with E-state index in [1.807, 2.05) is 36.1 Å². The summed E-state index contributed by atoms with van der Waals surface area (Å²) in [6.07, 6.45) is 1.75. The molecule has 1 spiro atoms. The smallest absolute Gasteiger partial charge is 0.321 e. The van der Waals surface area contributed by atoms with Crippen LogP contribution in [0.5, 0.6) is 5.75 Å². The van der Waals surface area contributed by atoms with Crippen LogP contribution in [-0.2, 0) is 4.74 Å². The molecule has 8 nitrogen and oxygen atoms in total. The summed E-state index contributed by atoms with van der Waals surface area (Å²) in [6.45, 7) is 4.37. The van der Waals surface area contributed by atoms with E-state index >= 15 is 0 Å². The lowest BCUT2D eigenvalue weighted by atomic mass is 9.72. The summed E-state index contributed by atoms with van der Waals surface area (Å²) >= 11 is 0. The number of nitrogens with zero attached hydrogens (tertiary/aromatic N) is 3. The Kier molecular flexibility index (Phi) is 4.73. The molecule has 2 aliphatic rings. The van der Waals surface area contributed by atoms with E-state index in [0.717, 1.165) is 12.8 Å². The Morgan fingerprint density at radius 3 is 2.81 bits per heavy atom. The van der Waals surface area contributed by atoms with Gasteiger partial charge in [-0.2, -0.15) is 4.98 Å². The van der Waals surface area contributed by atoms with Crippen LogP contribution in [-0.4, -0.2) is 54.5 Å². The maximum absolute atomic E-state index is 13.0. The molecule has 0 aliphatic carbocycles. The summed E-state index contributed by atoms with van der Waals surface area (Å²) in [4.78, 5) is 19.2. The Morgan fingerprint density at radius 2 is 2.11 bits per heavy atom. The molecule has 0 bridgehead atoms. The number of hydrogen-bond donors (Lipinski definition) is 1. The normalized spacial score (nSPS) is 21.4. The lowest BCUT2D eigenvalue weighted by Crippen LogP contribution is -2.38. The summed E-state index contributed by atoms with van der Waals surface area (Å²) in [6, 6.07) is 7.24. The zero-order valence-corrected chi connectivity index (χ0v) is 15.6. The van der Waals surface area contributed by atoms with Crippen LogP contribution in [0.1, 0.15) is 30.5 Å². The number of urea groups is 1. The van der Waals surface area contributed by atoms with E-state index in [1.165, 1.54) is 0 Å². The number of likely N-dealkylation sites (tertiary alicyclic amines) is 1. The third-order valence-electron chi connectivity index (χ3n) is 5.61. The summed E-state index contributed by atoms with van der Waals surface area (Å²) in [5.41, 5.74) is 0.568. The summed E-state index contributed by atoms with van der Waals surface area (Å²) in [7, 11) is 1.59. The fraction of sp³-hybridized carbons (Fsp3) is 0.526. The molecule has 2 aromatic rings. The molecule has 1 aromatic carbocycles. The van der Waals surface area contributed by atoms with Crippen LogP contribution in [0.4, 0.5) is 10.5 Å². The summed E-state index contributed by atoms with van der Waals surface area (Å²) in [5.74, 6) is 1.88. The highest BCUT2D eigenvalue weighted by molar-refractivity contribution is 5.91. The number of amides is 2. The molecular formula is C19H24N4O4.